The minimum Gasteiger partial charge on any atom is -0.346 e. The van der Waals surface area contributed by atoms with Gasteiger partial charge in [0.2, 0.25) is 0 Å². The van der Waals surface area contributed by atoms with E-state index in [1.54, 1.807) is 0 Å². The fourth-order valence-corrected chi connectivity index (χ4v) is 3.75. The summed E-state index contributed by atoms with van der Waals surface area (Å²) in [5.74, 6) is 0. The van der Waals surface area contributed by atoms with Crippen molar-refractivity contribution in [1.29, 1.82) is 0 Å². The van der Waals surface area contributed by atoms with Crippen molar-refractivity contribution in [3.63, 3.8) is 0 Å². The highest BCUT2D eigenvalue weighted by atomic mass is 16.7. The van der Waals surface area contributed by atoms with Gasteiger partial charge in [0.05, 0.1) is 23.9 Å². The van der Waals surface area contributed by atoms with Crippen molar-refractivity contribution in [2.24, 2.45) is 51.3 Å². The van der Waals surface area contributed by atoms with Gasteiger partial charge in [-0.05, 0) is 31.6 Å². The highest BCUT2D eigenvalue weighted by molar-refractivity contribution is 5.00. The Labute approximate surface area is 182 Å². The van der Waals surface area contributed by atoms with Gasteiger partial charge in [0.25, 0.3) is 0 Å². The van der Waals surface area contributed by atoms with Gasteiger partial charge in [-0.3, -0.25) is 0 Å². The number of ether oxygens (including phenoxy) is 2. The van der Waals surface area contributed by atoms with Crippen LogP contribution in [0.2, 0.25) is 0 Å². The van der Waals surface area contributed by atoms with E-state index in [1.165, 1.54) is 0 Å². The predicted molar refractivity (Wildman–Crippen MR) is 122 cm³/mol. The van der Waals surface area contributed by atoms with Crippen LogP contribution in [-0.4, -0.2) is 60.4 Å². The van der Waals surface area contributed by atoms with E-state index in [-0.39, 0.29) is 17.6 Å². The molecule has 0 spiro atoms. The van der Waals surface area contributed by atoms with Gasteiger partial charge < -0.3 is 55.3 Å². The standard InChI is InChI=1S/C20H48N8O2/c1-6-19(3,4)9-11-13(23)14(24)16(26)18(29-11)30-20(5,7-2)8-10(21)12(22)15(25)17(27)28/h10-18H,6-9,21-28H2,1-5H3. The van der Waals surface area contributed by atoms with E-state index in [9.17, 15) is 0 Å². The largest absolute Gasteiger partial charge is 0.346 e. The summed E-state index contributed by atoms with van der Waals surface area (Å²) in [5.41, 5.74) is 48.3. The maximum Gasteiger partial charge on any atom is 0.175 e. The first-order valence-corrected chi connectivity index (χ1v) is 11.1. The van der Waals surface area contributed by atoms with Crippen LogP contribution in [0.4, 0.5) is 0 Å². The van der Waals surface area contributed by atoms with E-state index in [1.807, 2.05) is 13.8 Å². The van der Waals surface area contributed by atoms with Gasteiger partial charge in [-0.2, -0.15) is 0 Å². The normalized spacial score (nSPS) is 33.2. The van der Waals surface area contributed by atoms with Crippen molar-refractivity contribution in [3.8, 4) is 0 Å². The first-order chi connectivity index (χ1) is 13.7. The van der Waals surface area contributed by atoms with Crippen LogP contribution in [0, 0.1) is 5.41 Å². The van der Waals surface area contributed by atoms with E-state index < -0.39 is 48.3 Å². The van der Waals surface area contributed by atoms with Gasteiger partial charge >= 0.3 is 0 Å². The molecule has 0 amide bonds. The lowest BCUT2D eigenvalue weighted by atomic mass is 9.79. The topological polar surface area (TPSA) is 227 Å². The Morgan fingerprint density at radius 1 is 0.833 bits per heavy atom. The van der Waals surface area contributed by atoms with E-state index in [0.717, 1.165) is 12.8 Å². The minimum atomic E-state index is -0.753. The van der Waals surface area contributed by atoms with Gasteiger partial charge in [-0.1, -0.05) is 34.1 Å². The van der Waals surface area contributed by atoms with Gasteiger partial charge in [0.15, 0.2) is 6.29 Å². The monoisotopic (exact) mass is 432 g/mol. The lowest BCUT2D eigenvalue weighted by Crippen LogP contribution is -2.69. The summed E-state index contributed by atoms with van der Waals surface area (Å²) in [4.78, 5) is 0. The summed E-state index contributed by atoms with van der Waals surface area (Å²) in [6, 6.07) is -3.03. The fourth-order valence-electron chi connectivity index (χ4n) is 3.75. The fraction of sp³-hybridized carbons (Fsp3) is 1.00. The average molecular weight is 433 g/mol. The van der Waals surface area contributed by atoms with Crippen LogP contribution in [0.15, 0.2) is 0 Å². The molecule has 30 heavy (non-hydrogen) atoms. The Hall–Kier alpha value is -0.400. The van der Waals surface area contributed by atoms with Crippen LogP contribution in [0.3, 0.4) is 0 Å². The molecular weight excluding hydrogens is 384 g/mol. The molecule has 1 fully saturated rings. The molecule has 1 saturated heterocycles. The van der Waals surface area contributed by atoms with Crippen LogP contribution in [0.1, 0.15) is 60.3 Å². The van der Waals surface area contributed by atoms with Crippen molar-refractivity contribution >= 4 is 0 Å². The Morgan fingerprint density at radius 2 is 1.40 bits per heavy atom. The summed E-state index contributed by atoms with van der Waals surface area (Å²) in [5, 5.41) is 0. The van der Waals surface area contributed by atoms with E-state index in [0.29, 0.717) is 12.8 Å². The molecular formula is C20H48N8O2. The Kier molecular flexibility index (Phi) is 10.1. The third kappa shape index (κ3) is 7.06. The molecule has 0 bridgehead atoms. The zero-order valence-corrected chi connectivity index (χ0v) is 19.5. The first kappa shape index (κ1) is 27.6. The van der Waals surface area contributed by atoms with Crippen molar-refractivity contribution in [2.75, 3.05) is 0 Å². The maximum absolute atomic E-state index is 6.38. The van der Waals surface area contributed by atoms with E-state index in [2.05, 4.69) is 20.8 Å². The number of hydrogen-bond acceptors (Lipinski definition) is 10. The second-order valence-electron chi connectivity index (χ2n) is 10.0. The lowest BCUT2D eigenvalue weighted by molar-refractivity contribution is -0.262. The maximum atomic E-state index is 6.38. The van der Waals surface area contributed by atoms with Gasteiger partial charge in [0, 0.05) is 30.2 Å². The molecule has 1 heterocycles. The molecule has 1 rings (SSSR count). The smallest absolute Gasteiger partial charge is 0.175 e. The molecule has 9 unspecified atom stereocenters. The molecule has 0 aromatic carbocycles. The lowest BCUT2D eigenvalue weighted by Gasteiger charge is -2.47. The second kappa shape index (κ2) is 11.0. The number of rotatable bonds is 11. The number of hydrogen-bond donors (Lipinski definition) is 8. The molecule has 0 radical (unpaired) electrons. The Morgan fingerprint density at radius 3 is 1.87 bits per heavy atom. The van der Waals surface area contributed by atoms with Gasteiger partial charge in [0.1, 0.15) is 0 Å². The van der Waals surface area contributed by atoms with Crippen molar-refractivity contribution < 1.29 is 9.47 Å². The zero-order valence-electron chi connectivity index (χ0n) is 19.5. The molecule has 9 atom stereocenters. The van der Waals surface area contributed by atoms with Crippen LogP contribution < -0.4 is 45.9 Å². The van der Waals surface area contributed by atoms with Crippen molar-refractivity contribution in [2.45, 2.75) is 121 Å². The second-order valence-corrected chi connectivity index (χ2v) is 10.0. The zero-order chi connectivity index (χ0) is 23.4. The van der Waals surface area contributed by atoms with Crippen LogP contribution in [0.5, 0.6) is 0 Å². The summed E-state index contributed by atoms with van der Waals surface area (Å²) in [6.45, 7) is 10.5. The molecule has 0 aliphatic carbocycles. The van der Waals surface area contributed by atoms with E-state index >= 15 is 0 Å². The van der Waals surface area contributed by atoms with Crippen LogP contribution in [0.25, 0.3) is 0 Å². The number of nitrogens with two attached hydrogens (primary N) is 8. The van der Waals surface area contributed by atoms with E-state index in [4.69, 9.17) is 55.3 Å². The Bertz CT molecular complexity index is 523. The van der Waals surface area contributed by atoms with Crippen LogP contribution >= 0.6 is 0 Å². The van der Waals surface area contributed by atoms with Gasteiger partial charge in [-0.15, -0.1) is 0 Å². The summed E-state index contributed by atoms with van der Waals surface area (Å²) < 4.78 is 12.6. The Balaban J connectivity index is 2.93. The molecule has 1 aliphatic heterocycles. The summed E-state index contributed by atoms with van der Waals surface area (Å²) in [7, 11) is 0. The molecule has 10 nitrogen and oxygen atoms in total. The third-order valence-corrected chi connectivity index (χ3v) is 6.85. The predicted octanol–water partition coefficient (Wildman–Crippen LogP) is -1.68. The quantitative estimate of drug-likeness (QED) is 0.173. The van der Waals surface area contributed by atoms with Gasteiger partial charge in [-0.25, -0.2) is 0 Å². The van der Waals surface area contributed by atoms with Crippen molar-refractivity contribution in [1.82, 2.24) is 0 Å². The highest BCUT2D eigenvalue weighted by Crippen LogP contribution is 2.34. The highest BCUT2D eigenvalue weighted by Gasteiger charge is 2.45. The molecule has 10 heteroatoms. The molecule has 1 aliphatic rings. The average Bonchev–Trinajstić information content (AvgIpc) is 2.68. The minimum absolute atomic E-state index is 0.0638. The third-order valence-electron chi connectivity index (χ3n) is 6.85. The molecule has 180 valence electrons. The molecule has 16 N–H and O–H groups in total. The van der Waals surface area contributed by atoms with Crippen LogP contribution in [-0.2, 0) is 9.47 Å². The summed E-state index contributed by atoms with van der Waals surface area (Å²) in [6.07, 6.45) is 1.16. The molecule has 0 aromatic rings. The first-order valence-electron chi connectivity index (χ1n) is 11.1. The SMILES string of the molecule is CCC(C)(C)CC1OC(OC(C)(CC)CC(N)C(N)C(N)C(N)N)C(N)C(N)C1N. The van der Waals surface area contributed by atoms with Crippen molar-refractivity contribution in [3.05, 3.63) is 0 Å². The molecule has 0 saturated carbocycles. The summed E-state index contributed by atoms with van der Waals surface area (Å²) >= 11 is 0. The molecule has 0 aromatic heterocycles.